The summed E-state index contributed by atoms with van der Waals surface area (Å²) in [6, 6.07) is 13.5. The third-order valence-electron chi connectivity index (χ3n) is 3.43. The number of anilines is 1. The van der Waals surface area contributed by atoms with E-state index < -0.39 is 11.6 Å². The van der Waals surface area contributed by atoms with Gasteiger partial charge >= 0.3 is 0 Å². The zero-order chi connectivity index (χ0) is 17.3. The number of nitrogens with zero attached hydrogens (tertiary/aromatic N) is 3. The zero-order valence-electron chi connectivity index (χ0n) is 12.2. The van der Waals surface area contributed by atoms with Gasteiger partial charge < -0.3 is 5.73 Å². The van der Waals surface area contributed by atoms with Gasteiger partial charge in [0, 0.05) is 10.6 Å². The SMILES string of the molecule is N#Cc1c(C(=O)c2ccc(F)cc2)nn(-c2ccc(Cl)cc2)c1N. The molecule has 0 fully saturated rings. The van der Waals surface area contributed by atoms with Gasteiger partial charge in [0.25, 0.3) is 0 Å². The van der Waals surface area contributed by atoms with Crippen LogP contribution < -0.4 is 5.73 Å². The molecule has 0 saturated carbocycles. The highest BCUT2D eigenvalue weighted by atomic mass is 35.5. The van der Waals surface area contributed by atoms with Crippen LogP contribution >= 0.6 is 11.6 Å². The van der Waals surface area contributed by atoms with Crippen molar-refractivity contribution in [2.24, 2.45) is 0 Å². The maximum Gasteiger partial charge on any atom is 0.214 e. The van der Waals surface area contributed by atoms with E-state index in [9.17, 15) is 14.4 Å². The summed E-state index contributed by atoms with van der Waals surface area (Å²) in [5.41, 5.74) is 6.62. The van der Waals surface area contributed by atoms with Crippen LogP contribution in [0.25, 0.3) is 5.69 Å². The summed E-state index contributed by atoms with van der Waals surface area (Å²) in [4.78, 5) is 12.6. The molecule has 0 atom stereocenters. The Kier molecular flexibility index (Phi) is 4.02. The molecule has 2 N–H and O–H groups in total. The molecule has 0 aliphatic rings. The van der Waals surface area contributed by atoms with Crippen molar-refractivity contribution in [2.45, 2.75) is 0 Å². The van der Waals surface area contributed by atoms with E-state index in [2.05, 4.69) is 5.10 Å². The van der Waals surface area contributed by atoms with E-state index in [0.29, 0.717) is 10.7 Å². The fourth-order valence-corrected chi connectivity index (χ4v) is 2.34. The Bertz CT molecular complexity index is 956. The minimum absolute atomic E-state index is 0.0284. The molecular weight excluding hydrogens is 331 g/mol. The summed E-state index contributed by atoms with van der Waals surface area (Å²) < 4.78 is 14.3. The molecule has 3 aromatic rings. The Labute approximate surface area is 141 Å². The van der Waals surface area contributed by atoms with E-state index in [0.717, 1.165) is 0 Å². The number of nitriles is 1. The van der Waals surface area contributed by atoms with E-state index in [1.54, 1.807) is 24.3 Å². The van der Waals surface area contributed by atoms with Gasteiger partial charge in [0.05, 0.1) is 5.69 Å². The smallest absolute Gasteiger partial charge is 0.214 e. The van der Waals surface area contributed by atoms with E-state index >= 15 is 0 Å². The Morgan fingerprint density at radius 3 is 2.38 bits per heavy atom. The number of rotatable bonds is 3. The van der Waals surface area contributed by atoms with Crippen LogP contribution in [0, 0.1) is 17.1 Å². The molecule has 2 aromatic carbocycles. The van der Waals surface area contributed by atoms with Crippen molar-refractivity contribution in [3.05, 3.63) is 76.2 Å². The monoisotopic (exact) mass is 340 g/mol. The van der Waals surface area contributed by atoms with Crippen LogP contribution in [0.5, 0.6) is 0 Å². The lowest BCUT2D eigenvalue weighted by atomic mass is 10.1. The number of aromatic nitrogens is 2. The number of nitrogen functional groups attached to an aromatic ring is 1. The molecule has 1 heterocycles. The minimum atomic E-state index is -0.508. The van der Waals surface area contributed by atoms with E-state index in [4.69, 9.17) is 17.3 Å². The first-order valence-corrected chi connectivity index (χ1v) is 7.24. The van der Waals surface area contributed by atoms with Gasteiger partial charge in [-0.2, -0.15) is 10.4 Å². The van der Waals surface area contributed by atoms with E-state index in [1.165, 1.54) is 28.9 Å². The first kappa shape index (κ1) is 15.7. The quantitative estimate of drug-likeness (QED) is 0.741. The average Bonchev–Trinajstić information content (AvgIpc) is 2.92. The molecule has 0 amide bonds. The normalized spacial score (nSPS) is 10.4. The fraction of sp³-hybridized carbons (Fsp3) is 0. The van der Waals surface area contributed by atoms with Gasteiger partial charge in [-0.1, -0.05) is 11.6 Å². The van der Waals surface area contributed by atoms with Gasteiger partial charge in [0.2, 0.25) is 5.78 Å². The lowest BCUT2D eigenvalue weighted by molar-refractivity contribution is 0.103. The first-order valence-electron chi connectivity index (χ1n) is 6.86. The predicted octanol–water partition coefficient (Wildman–Crippen LogP) is 3.35. The molecule has 0 aliphatic heterocycles. The van der Waals surface area contributed by atoms with Crippen LogP contribution in [-0.4, -0.2) is 15.6 Å². The first-order chi connectivity index (χ1) is 11.5. The van der Waals surface area contributed by atoms with Gasteiger partial charge in [-0.25, -0.2) is 9.07 Å². The molecule has 24 heavy (non-hydrogen) atoms. The lowest BCUT2D eigenvalue weighted by Crippen LogP contribution is -2.05. The lowest BCUT2D eigenvalue weighted by Gasteiger charge is -2.03. The standard InChI is InChI=1S/C17H10ClFN4O/c18-11-3-7-13(8-4-11)23-17(21)14(9-20)15(22-23)16(24)10-1-5-12(19)6-2-10/h1-8H,21H2. The third kappa shape index (κ3) is 2.73. The highest BCUT2D eigenvalue weighted by molar-refractivity contribution is 6.30. The second-order valence-electron chi connectivity index (χ2n) is 4.94. The van der Waals surface area contributed by atoms with Crippen LogP contribution in [0.2, 0.25) is 5.02 Å². The van der Waals surface area contributed by atoms with Crippen LogP contribution in [0.4, 0.5) is 10.2 Å². The molecular formula is C17H10ClFN4O. The van der Waals surface area contributed by atoms with E-state index in [-0.39, 0.29) is 22.6 Å². The molecule has 1 aromatic heterocycles. The highest BCUT2D eigenvalue weighted by Gasteiger charge is 2.23. The van der Waals surface area contributed by atoms with Crippen molar-refractivity contribution in [1.82, 2.24) is 9.78 Å². The number of hydrogen-bond acceptors (Lipinski definition) is 4. The van der Waals surface area contributed by atoms with E-state index in [1.807, 2.05) is 6.07 Å². The van der Waals surface area contributed by atoms with Gasteiger partial charge in [0.1, 0.15) is 23.3 Å². The van der Waals surface area contributed by atoms with Crippen LogP contribution in [0.3, 0.4) is 0 Å². The van der Waals surface area contributed by atoms with Crippen molar-refractivity contribution in [3.8, 4) is 11.8 Å². The Hall–Kier alpha value is -3.17. The maximum atomic E-state index is 13.0. The summed E-state index contributed by atoms with van der Waals surface area (Å²) in [5.74, 6) is -0.922. The summed E-state index contributed by atoms with van der Waals surface area (Å²) >= 11 is 5.85. The molecule has 0 bridgehead atoms. The molecule has 7 heteroatoms. The summed E-state index contributed by atoms with van der Waals surface area (Å²) in [6.07, 6.45) is 0. The topological polar surface area (TPSA) is 84.7 Å². The molecule has 0 saturated heterocycles. The molecule has 0 spiro atoms. The van der Waals surface area contributed by atoms with Crippen molar-refractivity contribution in [3.63, 3.8) is 0 Å². The Balaban J connectivity index is 2.10. The second-order valence-corrected chi connectivity index (χ2v) is 5.38. The van der Waals surface area contributed by atoms with Gasteiger partial charge in [-0.3, -0.25) is 4.79 Å². The molecule has 118 valence electrons. The summed E-state index contributed by atoms with van der Waals surface area (Å²) in [5, 5.41) is 14.0. The van der Waals surface area contributed by atoms with Gasteiger partial charge in [-0.05, 0) is 48.5 Å². The average molecular weight is 341 g/mol. The van der Waals surface area contributed by atoms with Crippen molar-refractivity contribution >= 4 is 23.2 Å². The van der Waals surface area contributed by atoms with Crippen LogP contribution in [0.15, 0.2) is 48.5 Å². The summed E-state index contributed by atoms with van der Waals surface area (Å²) in [7, 11) is 0. The molecule has 0 unspecified atom stereocenters. The molecule has 0 radical (unpaired) electrons. The number of benzene rings is 2. The number of carbonyl (C=O) groups is 1. The van der Waals surface area contributed by atoms with Gasteiger partial charge in [0.15, 0.2) is 5.69 Å². The van der Waals surface area contributed by atoms with Crippen LogP contribution in [0.1, 0.15) is 21.6 Å². The number of hydrogen-bond donors (Lipinski definition) is 1. The Morgan fingerprint density at radius 2 is 1.79 bits per heavy atom. The largest absolute Gasteiger partial charge is 0.382 e. The van der Waals surface area contributed by atoms with Gasteiger partial charge in [-0.15, -0.1) is 0 Å². The van der Waals surface area contributed by atoms with Crippen LogP contribution in [-0.2, 0) is 0 Å². The van der Waals surface area contributed by atoms with Crippen molar-refractivity contribution < 1.29 is 9.18 Å². The van der Waals surface area contributed by atoms with Crippen molar-refractivity contribution in [1.29, 1.82) is 5.26 Å². The predicted molar refractivity (Wildman–Crippen MR) is 87.5 cm³/mol. The third-order valence-corrected chi connectivity index (χ3v) is 3.68. The molecule has 5 nitrogen and oxygen atoms in total. The zero-order valence-corrected chi connectivity index (χ0v) is 13.0. The highest BCUT2D eigenvalue weighted by Crippen LogP contribution is 2.23. The summed E-state index contributed by atoms with van der Waals surface area (Å²) in [6.45, 7) is 0. The second kappa shape index (κ2) is 6.14. The molecule has 0 aliphatic carbocycles. The number of carbonyl (C=O) groups excluding carboxylic acids is 1. The minimum Gasteiger partial charge on any atom is -0.382 e. The maximum absolute atomic E-state index is 13.0. The fourth-order valence-electron chi connectivity index (χ4n) is 2.22. The molecule has 3 rings (SSSR count). The number of nitrogens with two attached hydrogens (primary N) is 1. The van der Waals surface area contributed by atoms with Crippen molar-refractivity contribution in [2.75, 3.05) is 5.73 Å². The number of ketones is 1. The Morgan fingerprint density at radius 1 is 1.17 bits per heavy atom. The number of halogens is 2.